The summed E-state index contributed by atoms with van der Waals surface area (Å²) in [5.41, 5.74) is 2.51. The number of nitrogens with zero attached hydrogens (tertiary/aromatic N) is 9. The number of piperazine rings is 1. The van der Waals surface area contributed by atoms with Gasteiger partial charge in [-0.1, -0.05) is 0 Å². The fourth-order valence-electron chi connectivity index (χ4n) is 6.06. The molecule has 2 atom stereocenters. The number of ether oxygens (including phenoxy) is 3. The minimum Gasteiger partial charge on any atom is -0.486 e. The fraction of sp³-hybridized carbons (Fsp3) is 0.406. The number of anilines is 3. The molecule has 3 aromatic heterocycles. The molecule has 0 saturated carbocycles. The van der Waals surface area contributed by atoms with Crippen molar-refractivity contribution in [3.05, 3.63) is 60.0 Å². The highest BCUT2D eigenvalue weighted by atomic mass is 19.1. The molecule has 4 aromatic rings. The molecule has 1 amide bonds. The Hall–Kier alpha value is -5.40. The second-order valence-electron chi connectivity index (χ2n) is 11.7. The molecule has 3 saturated heterocycles. The van der Waals surface area contributed by atoms with E-state index in [1.807, 2.05) is 12.1 Å². The van der Waals surface area contributed by atoms with Crippen LogP contribution in [0.5, 0.6) is 11.6 Å². The maximum absolute atomic E-state index is 15.1. The van der Waals surface area contributed by atoms with Crippen LogP contribution in [0.25, 0.3) is 11.3 Å². The third-order valence-electron chi connectivity index (χ3n) is 8.80. The first-order valence-corrected chi connectivity index (χ1v) is 15.7. The van der Waals surface area contributed by atoms with Crippen molar-refractivity contribution in [3.8, 4) is 29.0 Å². The van der Waals surface area contributed by atoms with Crippen LogP contribution < -0.4 is 19.7 Å². The van der Waals surface area contributed by atoms with Crippen molar-refractivity contribution in [1.82, 2.24) is 40.2 Å². The summed E-state index contributed by atoms with van der Waals surface area (Å²) in [5.74, 6) is 1.20. The van der Waals surface area contributed by atoms with Gasteiger partial charge in [0.1, 0.15) is 29.4 Å². The number of hydrogen-bond donors (Lipinski definition) is 2. The highest BCUT2D eigenvalue weighted by molar-refractivity contribution is 5.92. The average Bonchev–Trinajstić information content (AvgIpc) is 3.64. The minimum atomic E-state index is -1.45. The fourth-order valence-corrected chi connectivity index (χ4v) is 6.06. The van der Waals surface area contributed by atoms with Gasteiger partial charge in [-0.05, 0) is 36.4 Å². The molecule has 0 spiro atoms. The van der Waals surface area contributed by atoms with Crippen molar-refractivity contribution in [2.24, 2.45) is 0 Å². The molecule has 0 radical (unpaired) electrons. The van der Waals surface area contributed by atoms with E-state index in [4.69, 9.17) is 14.2 Å². The third kappa shape index (κ3) is 6.55. The van der Waals surface area contributed by atoms with Crippen molar-refractivity contribution in [2.75, 3.05) is 69.8 Å². The third-order valence-corrected chi connectivity index (χ3v) is 8.80. The van der Waals surface area contributed by atoms with Crippen LogP contribution >= 0.6 is 0 Å². The molecule has 7 rings (SSSR count). The molecule has 0 bridgehead atoms. The normalized spacial score (nSPS) is 20.1. The Labute approximate surface area is 275 Å². The van der Waals surface area contributed by atoms with Crippen molar-refractivity contribution in [1.29, 1.82) is 5.26 Å². The van der Waals surface area contributed by atoms with Gasteiger partial charge in [0.25, 0.3) is 5.91 Å². The number of nitriles is 1. The van der Waals surface area contributed by atoms with Crippen LogP contribution in [0.3, 0.4) is 0 Å². The lowest BCUT2D eigenvalue weighted by Gasteiger charge is -2.43. The lowest BCUT2D eigenvalue weighted by molar-refractivity contribution is -0.0660. The number of aromatic nitrogens is 6. The molecule has 2 N–H and O–H groups in total. The Kier molecular flexibility index (Phi) is 8.95. The summed E-state index contributed by atoms with van der Waals surface area (Å²) in [6, 6.07) is 13.3. The topological polar surface area (TPSA) is 171 Å². The number of piperidine rings is 1. The molecule has 3 aliphatic rings. The van der Waals surface area contributed by atoms with Gasteiger partial charge in [0, 0.05) is 50.9 Å². The number of rotatable bonds is 9. The molecule has 3 fully saturated rings. The highest BCUT2D eigenvalue weighted by Gasteiger charge is 2.35. The molecule has 1 aromatic carbocycles. The smallest absolute Gasteiger partial charge is 0.276 e. The van der Waals surface area contributed by atoms with E-state index in [2.05, 4.69) is 51.5 Å². The number of likely N-dealkylation sites (tertiary alicyclic amines) is 1. The first-order valence-electron chi connectivity index (χ1n) is 15.7. The van der Waals surface area contributed by atoms with E-state index in [0.29, 0.717) is 34.9 Å². The quantitative estimate of drug-likeness (QED) is 0.270. The number of hydrogen-bond acceptors (Lipinski definition) is 13. The van der Waals surface area contributed by atoms with Gasteiger partial charge in [0.05, 0.1) is 50.4 Å². The first kappa shape index (κ1) is 31.2. The maximum atomic E-state index is 15.1. The standard InChI is InChI=1S/C32H34FN11O4/c1-46-30-26(43-12-10-42(11-13-43)22-18-47-19-22)3-5-29(38-30)39-32-35-8-6-24(37-32)20-2-4-27(21(14-20)15-34)48-28-7-9-44(17-23(28)33)31(45)25-16-36-41-40-25/h2-6,8,14,16,22-23,28H,7,9-13,17-19H2,1H3,(H,36,40,41)(H,35,37,38,39)/t23-,28+/m1/s1. The zero-order chi connectivity index (χ0) is 33.0. The lowest BCUT2D eigenvalue weighted by Crippen LogP contribution is -2.56. The largest absolute Gasteiger partial charge is 0.486 e. The molecule has 16 heteroatoms. The Bertz CT molecular complexity index is 1790. The van der Waals surface area contributed by atoms with Gasteiger partial charge < -0.3 is 29.3 Å². The van der Waals surface area contributed by atoms with Gasteiger partial charge in [-0.3, -0.25) is 9.69 Å². The predicted octanol–water partition coefficient (Wildman–Crippen LogP) is 2.43. The Balaban J connectivity index is 0.997. The number of carbonyl (C=O) groups is 1. The summed E-state index contributed by atoms with van der Waals surface area (Å²) >= 11 is 0. The van der Waals surface area contributed by atoms with E-state index in [-0.39, 0.29) is 36.5 Å². The zero-order valence-corrected chi connectivity index (χ0v) is 26.3. The van der Waals surface area contributed by atoms with Crippen LogP contribution in [-0.2, 0) is 4.74 Å². The molecule has 3 aliphatic heterocycles. The molecule has 48 heavy (non-hydrogen) atoms. The minimum absolute atomic E-state index is 0.126. The lowest BCUT2D eigenvalue weighted by atomic mass is 10.0. The monoisotopic (exact) mass is 655 g/mol. The molecular weight excluding hydrogens is 621 g/mol. The van der Waals surface area contributed by atoms with Gasteiger partial charge in [-0.15, -0.1) is 0 Å². The van der Waals surface area contributed by atoms with Gasteiger partial charge in [0.15, 0.2) is 11.9 Å². The average molecular weight is 656 g/mol. The zero-order valence-electron chi connectivity index (χ0n) is 26.3. The number of pyridine rings is 1. The second-order valence-corrected chi connectivity index (χ2v) is 11.7. The molecule has 248 valence electrons. The Morgan fingerprint density at radius 3 is 2.69 bits per heavy atom. The molecule has 6 heterocycles. The summed E-state index contributed by atoms with van der Waals surface area (Å²) in [6.45, 7) is 5.43. The number of aromatic amines is 1. The van der Waals surface area contributed by atoms with Crippen molar-refractivity contribution >= 4 is 23.4 Å². The number of nitrogens with one attached hydrogen (secondary N) is 2. The van der Waals surface area contributed by atoms with Crippen LogP contribution in [-0.4, -0.2) is 124 Å². The molecule has 0 unspecified atom stereocenters. The number of benzene rings is 1. The highest BCUT2D eigenvalue weighted by Crippen LogP contribution is 2.32. The number of amides is 1. The summed E-state index contributed by atoms with van der Waals surface area (Å²) in [5, 5.41) is 22.9. The maximum Gasteiger partial charge on any atom is 0.276 e. The van der Waals surface area contributed by atoms with Crippen LogP contribution in [0.2, 0.25) is 0 Å². The number of carbonyl (C=O) groups excluding carboxylic acids is 1. The van der Waals surface area contributed by atoms with Crippen LogP contribution in [0.15, 0.2) is 48.8 Å². The van der Waals surface area contributed by atoms with Crippen molar-refractivity contribution < 1.29 is 23.4 Å². The van der Waals surface area contributed by atoms with E-state index >= 15 is 4.39 Å². The summed E-state index contributed by atoms with van der Waals surface area (Å²) in [6.07, 6.45) is 0.903. The Morgan fingerprint density at radius 2 is 1.98 bits per heavy atom. The summed E-state index contributed by atoms with van der Waals surface area (Å²) in [7, 11) is 1.60. The molecular formula is C32H34FN11O4. The molecule has 0 aliphatic carbocycles. The Morgan fingerprint density at radius 1 is 1.12 bits per heavy atom. The SMILES string of the molecule is COc1nc(Nc2nccc(-c3ccc(O[C@H]4CCN(C(=O)c5cn[nH]n5)C[C@H]4F)c(C#N)c3)n2)ccc1N1CCN(C2COC2)CC1. The summed E-state index contributed by atoms with van der Waals surface area (Å²) < 4.78 is 32.1. The van der Waals surface area contributed by atoms with Gasteiger partial charge in [-0.25, -0.2) is 14.4 Å². The van der Waals surface area contributed by atoms with Gasteiger partial charge in [-0.2, -0.15) is 25.7 Å². The number of alkyl halides is 1. The number of halogens is 1. The van der Waals surface area contributed by atoms with E-state index < -0.39 is 18.2 Å². The van der Waals surface area contributed by atoms with Crippen molar-refractivity contribution in [3.63, 3.8) is 0 Å². The predicted molar refractivity (Wildman–Crippen MR) is 171 cm³/mol. The van der Waals surface area contributed by atoms with Crippen LogP contribution in [0.1, 0.15) is 22.5 Å². The van der Waals surface area contributed by atoms with Gasteiger partial charge in [0.2, 0.25) is 11.8 Å². The van der Waals surface area contributed by atoms with Crippen LogP contribution in [0.4, 0.5) is 21.8 Å². The number of methoxy groups -OCH3 is 1. The van der Waals surface area contributed by atoms with Gasteiger partial charge >= 0.3 is 0 Å². The molecule has 15 nitrogen and oxygen atoms in total. The van der Waals surface area contributed by atoms with Crippen LogP contribution in [0, 0.1) is 11.3 Å². The van der Waals surface area contributed by atoms with E-state index in [1.54, 1.807) is 37.6 Å². The van der Waals surface area contributed by atoms with E-state index in [1.165, 1.54) is 11.1 Å². The van der Waals surface area contributed by atoms with E-state index in [9.17, 15) is 10.1 Å². The summed E-state index contributed by atoms with van der Waals surface area (Å²) in [4.78, 5) is 32.3. The second kappa shape index (κ2) is 13.8. The first-order chi connectivity index (χ1) is 23.5. The number of H-pyrrole nitrogens is 1. The van der Waals surface area contributed by atoms with Crippen molar-refractivity contribution in [2.45, 2.75) is 24.7 Å². The van der Waals surface area contributed by atoms with E-state index in [0.717, 1.165) is 45.1 Å².